The number of rotatable bonds is 4. The molecule has 0 heterocycles. The summed E-state index contributed by atoms with van der Waals surface area (Å²) < 4.78 is 7.05. The van der Waals surface area contributed by atoms with Crippen molar-refractivity contribution in [2.75, 3.05) is 0 Å². The van der Waals surface area contributed by atoms with Crippen LogP contribution in [0, 0.1) is 0 Å². The van der Waals surface area contributed by atoms with Crippen molar-refractivity contribution in [1.82, 2.24) is 0 Å². The van der Waals surface area contributed by atoms with Gasteiger partial charge in [0.25, 0.3) is 8.32 Å². The minimum Gasteiger partial charge on any atom is -0.404 e. The summed E-state index contributed by atoms with van der Waals surface area (Å²) in [5.74, 6) is 0.377. The Morgan fingerprint density at radius 1 is 0.840 bits per heavy atom. The van der Waals surface area contributed by atoms with Gasteiger partial charge in [-0.05, 0) is 28.3 Å². The molecule has 0 amide bonds. The van der Waals surface area contributed by atoms with Crippen LogP contribution in [0.25, 0.3) is 0 Å². The average Bonchev–Trinajstić information content (AvgIpc) is 2.62. The second kappa shape index (κ2) is 7.26. The first-order valence-corrected chi connectivity index (χ1v) is 11.1. The Bertz CT molecular complexity index is 654. The van der Waals surface area contributed by atoms with E-state index in [2.05, 4.69) is 81.4 Å². The summed E-state index contributed by atoms with van der Waals surface area (Å²) in [6, 6.07) is 21.5. The molecule has 1 aliphatic carbocycles. The topological polar surface area (TPSA) is 26.3 Å². The van der Waals surface area contributed by atoms with Gasteiger partial charge in [0.15, 0.2) is 0 Å². The smallest absolute Gasteiger partial charge is 0.261 e. The van der Waals surface area contributed by atoms with Crippen molar-refractivity contribution in [1.29, 1.82) is 0 Å². The van der Waals surface area contributed by atoms with Crippen molar-refractivity contribution in [3.63, 3.8) is 0 Å². The largest absolute Gasteiger partial charge is 0.404 e. The van der Waals surface area contributed by atoms with Crippen LogP contribution in [0.3, 0.4) is 0 Å². The van der Waals surface area contributed by atoms with E-state index in [0.717, 1.165) is 12.8 Å². The van der Waals surface area contributed by atoms with Crippen molar-refractivity contribution < 1.29 is 9.22 Å². The standard InChI is InChI=1S/C22H28O2Si/c1-22(2,3)25(20-10-6-4-7-11-20,21-12-8-5-9-13-21)24-19-16-14-18(23)15-17-19/h4-13,19H,14-17H2,1-3H3. The number of benzene rings is 2. The zero-order valence-corrected chi connectivity index (χ0v) is 16.5. The molecule has 0 atom stereocenters. The average molecular weight is 353 g/mol. The lowest BCUT2D eigenvalue weighted by atomic mass is 9.97. The Balaban J connectivity index is 2.10. The Morgan fingerprint density at radius 2 is 1.28 bits per heavy atom. The molecule has 0 aliphatic heterocycles. The zero-order valence-electron chi connectivity index (χ0n) is 15.5. The molecule has 3 heteroatoms. The highest BCUT2D eigenvalue weighted by Gasteiger charge is 2.51. The molecule has 0 aromatic heterocycles. The Hall–Kier alpha value is -1.71. The maximum atomic E-state index is 11.7. The molecule has 0 N–H and O–H groups in total. The molecule has 1 saturated carbocycles. The van der Waals surface area contributed by atoms with Gasteiger partial charge in [0.05, 0.1) is 0 Å². The molecule has 0 radical (unpaired) electrons. The summed E-state index contributed by atoms with van der Waals surface area (Å²) in [5.41, 5.74) is 0. The minimum atomic E-state index is -2.47. The Labute approximate surface area is 152 Å². The van der Waals surface area contributed by atoms with Crippen LogP contribution < -0.4 is 10.4 Å². The summed E-state index contributed by atoms with van der Waals surface area (Å²) in [4.78, 5) is 11.7. The molecule has 2 aromatic rings. The van der Waals surface area contributed by atoms with Gasteiger partial charge < -0.3 is 4.43 Å². The maximum absolute atomic E-state index is 11.7. The number of hydrogen-bond acceptors (Lipinski definition) is 2. The van der Waals surface area contributed by atoms with Gasteiger partial charge in [-0.25, -0.2) is 0 Å². The van der Waals surface area contributed by atoms with Crippen LogP contribution >= 0.6 is 0 Å². The maximum Gasteiger partial charge on any atom is 0.261 e. The van der Waals surface area contributed by atoms with Crippen LogP contribution in [0.1, 0.15) is 46.5 Å². The van der Waals surface area contributed by atoms with Gasteiger partial charge in [-0.15, -0.1) is 0 Å². The highest BCUT2D eigenvalue weighted by molar-refractivity contribution is 6.99. The lowest BCUT2D eigenvalue weighted by Crippen LogP contribution is -2.67. The number of ketones is 1. The van der Waals surface area contributed by atoms with Crippen molar-refractivity contribution in [3.05, 3.63) is 60.7 Å². The summed E-state index contributed by atoms with van der Waals surface area (Å²) in [7, 11) is -2.47. The summed E-state index contributed by atoms with van der Waals surface area (Å²) in [6.45, 7) is 6.90. The number of hydrogen-bond donors (Lipinski definition) is 0. The zero-order chi connectivity index (χ0) is 17.9. The molecule has 0 saturated heterocycles. The third kappa shape index (κ3) is 3.63. The fourth-order valence-corrected chi connectivity index (χ4v) is 8.72. The molecular weight excluding hydrogens is 324 g/mol. The molecule has 3 rings (SSSR count). The molecule has 1 aliphatic rings. The summed E-state index contributed by atoms with van der Waals surface area (Å²) in [6.07, 6.45) is 3.18. The first-order chi connectivity index (χ1) is 11.9. The second-order valence-electron chi connectivity index (χ2n) is 8.02. The molecule has 1 fully saturated rings. The molecule has 2 nitrogen and oxygen atoms in total. The van der Waals surface area contributed by atoms with E-state index in [1.165, 1.54) is 10.4 Å². The van der Waals surface area contributed by atoms with Crippen LogP contribution in [0.5, 0.6) is 0 Å². The molecule has 132 valence electrons. The highest BCUT2D eigenvalue weighted by Crippen LogP contribution is 2.38. The van der Waals surface area contributed by atoms with Gasteiger partial charge in [0.1, 0.15) is 5.78 Å². The lowest BCUT2D eigenvalue weighted by molar-refractivity contribution is -0.121. The highest BCUT2D eigenvalue weighted by atomic mass is 28.4. The third-order valence-corrected chi connectivity index (χ3v) is 10.3. The first-order valence-electron chi connectivity index (χ1n) is 9.24. The fourth-order valence-electron chi connectivity index (χ4n) is 3.97. The van der Waals surface area contributed by atoms with E-state index in [-0.39, 0.29) is 11.1 Å². The van der Waals surface area contributed by atoms with Gasteiger partial charge in [-0.1, -0.05) is 81.4 Å². The van der Waals surface area contributed by atoms with Gasteiger partial charge in [0.2, 0.25) is 0 Å². The van der Waals surface area contributed by atoms with Gasteiger partial charge >= 0.3 is 0 Å². The van der Waals surface area contributed by atoms with Crippen molar-refractivity contribution in [2.45, 2.75) is 57.6 Å². The molecule has 0 unspecified atom stereocenters. The Kier molecular flexibility index (Phi) is 5.26. The van der Waals surface area contributed by atoms with E-state index in [9.17, 15) is 4.79 Å². The first kappa shape index (κ1) is 18.1. The minimum absolute atomic E-state index is 0.00281. The lowest BCUT2D eigenvalue weighted by Gasteiger charge is -2.45. The van der Waals surface area contributed by atoms with Crippen molar-refractivity contribution >= 4 is 24.5 Å². The Morgan fingerprint density at radius 3 is 1.68 bits per heavy atom. The molecule has 25 heavy (non-hydrogen) atoms. The number of carbonyl (C=O) groups excluding carboxylic acids is 1. The normalized spacial score (nSPS) is 16.8. The van der Waals surface area contributed by atoms with Crippen molar-refractivity contribution in [3.8, 4) is 0 Å². The van der Waals surface area contributed by atoms with E-state index in [1.54, 1.807) is 0 Å². The van der Waals surface area contributed by atoms with Crippen LogP contribution in [-0.2, 0) is 9.22 Å². The predicted molar refractivity (Wildman–Crippen MR) is 106 cm³/mol. The molecule has 2 aromatic carbocycles. The number of carbonyl (C=O) groups is 1. The van der Waals surface area contributed by atoms with Crippen LogP contribution in [0.2, 0.25) is 5.04 Å². The second-order valence-corrected chi connectivity index (χ2v) is 12.3. The van der Waals surface area contributed by atoms with E-state index in [4.69, 9.17) is 4.43 Å². The predicted octanol–water partition coefficient (Wildman–Crippen LogP) is 4.07. The molecule has 0 spiro atoms. The van der Waals surface area contributed by atoms with Gasteiger partial charge in [-0.2, -0.15) is 0 Å². The van der Waals surface area contributed by atoms with Crippen LogP contribution in [0.4, 0.5) is 0 Å². The van der Waals surface area contributed by atoms with Gasteiger partial charge in [-0.3, -0.25) is 4.79 Å². The van der Waals surface area contributed by atoms with Gasteiger partial charge in [0, 0.05) is 18.9 Å². The summed E-state index contributed by atoms with van der Waals surface area (Å²) in [5, 5.41) is 2.62. The van der Waals surface area contributed by atoms with E-state index < -0.39 is 8.32 Å². The summed E-state index contributed by atoms with van der Waals surface area (Å²) >= 11 is 0. The van der Waals surface area contributed by atoms with Crippen LogP contribution in [-0.4, -0.2) is 20.2 Å². The monoisotopic (exact) mass is 352 g/mol. The van der Waals surface area contributed by atoms with Crippen molar-refractivity contribution in [2.24, 2.45) is 0 Å². The van der Waals surface area contributed by atoms with E-state index in [1.807, 2.05) is 0 Å². The third-order valence-electron chi connectivity index (χ3n) is 5.25. The number of Topliss-reactive ketones (excluding diaryl/α,β-unsaturated/α-hetero) is 1. The van der Waals surface area contributed by atoms with Crippen LogP contribution in [0.15, 0.2) is 60.7 Å². The molecule has 0 bridgehead atoms. The SMILES string of the molecule is CC(C)(C)[Si](OC1CCC(=O)CC1)(c1ccccc1)c1ccccc1. The quantitative estimate of drug-likeness (QED) is 0.775. The van der Waals surface area contributed by atoms with E-state index >= 15 is 0 Å². The molecular formula is C22H28O2Si. The van der Waals surface area contributed by atoms with E-state index in [0.29, 0.717) is 18.6 Å². The fraction of sp³-hybridized carbons (Fsp3) is 0.409.